The van der Waals surface area contributed by atoms with E-state index in [1.165, 1.54) is 0 Å². The summed E-state index contributed by atoms with van der Waals surface area (Å²) in [6, 6.07) is 7.01. The number of ketones is 1. The monoisotopic (exact) mass is 201 g/mol. The van der Waals surface area contributed by atoms with Gasteiger partial charge in [0.1, 0.15) is 0 Å². The smallest absolute Gasteiger partial charge is 0.194 e. The fraction of sp³-hybridized carbons (Fsp3) is 0.308. The van der Waals surface area contributed by atoms with E-state index in [1.54, 1.807) is 24.3 Å². The predicted molar refractivity (Wildman–Crippen MR) is 57.8 cm³/mol. The van der Waals surface area contributed by atoms with Gasteiger partial charge in [0.2, 0.25) is 0 Å². The molecule has 0 atom stereocenters. The van der Waals surface area contributed by atoms with Crippen molar-refractivity contribution in [2.24, 2.45) is 5.41 Å². The van der Waals surface area contributed by atoms with Crippen molar-refractivity contribution in [1.82, 2.24) is 0 Å². The summed E-state index contributed by atoms with van der Waals surface area (Å²) in [6.45, 7) is 5.68. The Balaban J connectivity index is 2.66. The Morgan fingerprint density at radius 3 is 2.00 bits per heavy atom. The van der Waals surface area contributed by atoms with E-state index in [0.717, 1.165) is 0 Å². The second-order valence-corrected chi connectivity index (χ2v) is 4.83. The van der Waals surface area contributed by atoms with Crippen LogP contribution >= 0.6 is 0 Å². The van der Waals surface area contributed by atoms with Gasteiger partial charge in [-0.2, -0.15) is 0 Å². The van der Waals surface area contributed by atoms with Gasteiger partial charge in [0.15, 0.2) is 11.5 Å². The van der Waals surface area contributed by atoms with Gasteiger partial charge in [-0.05, 0) is 5.41 Å². The summed E-state index contributed by atoms with van der Waals surface area (Å²) in [5, 5.41) is 12.0. The Morgan fingerprint density at radius 2 is 1.53 bits per heavy atom. The van der Waals surface area contributed by atoms with E-state index < -0.39 is 0 Å². The number of rotatable bonds is 0. The molecule has 1 aliphatic carbocycles. The lowest BCUT2D eigenvalue weighted by atomic mass is 9.84. The van der Waals surface area contributed by atoms with Crippen molar-refractivity contribution in [3.8, 4) is 0 Å². The molecule has 1 radical (unpaired) electrons. The van der Waals surface area contributed by atoms with Gasteiger partial charge in [-0.3, -0.25) is 9.90 Å². The minimum Gasteiger partial charge on any atom is -0.289 e. The van der Waals surface area contributed by atoms with Crippen LogP contribution in [-0.4, -0.2) is 5.78 Å². The molecule has 15 heavy (non-hydrogen) atoms. The molecule has 0 unspecified atom stereocenters. The first-order valence-electron chi connectivity index (χ1n) is 4.99. The molecule has 1 aromatic rings. The number of Topliss-reactive ketones (excluding diaryl/α,β-unsaturated/α-hetero) is 1. The molecule has 0 aliphatic heterocycles. The van der Waals surface area contributed by atoms with Crippen LogP contribution in [0, 0.1) is 5.41 Å². The quantitative estimate of drug-likeness (QED) is 0.635. The van der Waals surface area contributed by atoms with E-state index in [0.29, 0.717) is 16.7 Å². The number of fused-ring (bicyclic) bond motifs is 1. The van der Waals surface area contributed by atoms with Crippen molar-refractivity contribution in [3.05, 3.63) is 41.0 Å². The Hall–Kier alpha value is -1.57. The second-order valence-electron chi connectivity index (χ2n) is 4.83. The summed E-state index contributed by atoms with van der Waals surface area (Å²) in [5.74, 6) is -0.216. The van der Waals surface area contributed by atoms with Gasteiger partial charge in [0.25, 0.3) is 0 Å². The number of hydrogen-bond acceptors (Lipinski definition) is 1. The van der Waals surface area contributed by atoms with Crippen molar-refractivity contribution in [2.45, 2.75) is 20.8 Å². The third kappa shape index (κ3) is 1.37. The van der Waals surface area contributed by atoms with Crippen LogP contribution in [0.4, 0.5) is 0 Å². The first-order valence-corrected chi connectivity index (χ1v) is 4.99. The molecule has 0 fully saturated rings. The van der Waals surface area contributed by atoms with E-state index in [1.807, 2.05) is 20.8 Å². The molecule has 1 aliphatic rings. The van der Waals surface area contributed by atoms with Gasteiger partial charge in [0.05, 0.1) is 5.57 Å². The van der Waals surface area contributed by atoms with Gasteiger partial charge in [0, 0.05) is 11.1 Å². The van der Waals surface area contributed by atoms with Crippen LogP contribution in [0.5, 0.6) is 0 Å². The lowest BCUT2D eigenvalue weighted by Gasteiger charge is -2.18. The van der Waals surface area contributed by atoms with Crippen LogP contribution in [-0.2, 0) is 5.11 Å². The normalized spacial score (nSPS) is 15.8. The third-order valence-electron chi connectivity index (χ3n) is 2.62. The standard InChI is InChI=1S/C13H13O2/c1-13(2,3)10-11(14)8-6-4-5-7-9(8)12(10)15/h4-7H,1-3H3. The molecule has 0 saturated carbocycles. The Morgan fingerprint density at radius 1 is 1.00 bits per heavy atom. The lowest BCUT2D eigenvalue weighted by molar-refractivity contribution is 0.101. The van der Waals surface area contributed by atoms with E-state index >= 15 is 0 Å². The molecule has 77 valence electrons. The van der Waals surface area contributed by atoms with Gasteiger partial charge >= 0.3 is 0 Å². The zero-order chi connectivity index (χ0) is 11.2. The molecule has 0 spiro atoms. The summed E-state index contributed by atoms with van der Waals surface area (Å²) in [7, 11) is 0. The molecule has 0 saturated heterocycles. The van der Waals surface area contributed by atoms with Crippen LogP contribution < -0.4 is 0 Å². The van der Waals surface area contributed by atoms with Gasteiger partial charge in [-0.1, -0.05) is 45.0 Å². The van der Waals surface area contributed by atoms with Crippen LogP contribution in [0.15, 0.2) is 29.8 Å². The molecule has 0 N–H and O–H groups in total. The van der Waals surface area contributed by atoms with Crippen molar-refractivity contribution < 1.29 is 9.90 Å². The minimum atomic E-state index is -0.382. The number of benzene rings is 1. The maximum absolute atomic E-state index is 12.0. The molecule has 0 amide bonds. The fourth-order valence-electron chi connectivity index (χ4n) is 1.93. The molecule has 2 nitrogen and oxygen atoms in total. The Bertz CT molecular complexity index is 462. The molecule has 2 rings (SSSR count). The SMILES string of the molecule is CC(C)(C)C1=C([O])c2ccccc2C1=O. The highest BCUT2D eigenvalue weighted by Crippen LogP contribution is 2.40. The average Bonchev–Trinajstić information content (AvgIpc) is 2.39. The largest absolute Gasteiger partial charge is 0.289 e. The van der Waals surface area contributed by atoms with Crippen molar-refractivity contribution in [3.63, 3.8) is 0 Å². The lowest BCUT2D eigenvalue weighted by Crippen LogP contribution is -2.15. The zero-order valence-electron chi connectivity index (χ0n) is 9.13. The van der Waals surface area contributed by atoms with Gasteiger partial charge < -0.3 is 0 Å². The summed E-state index contributed by atoms with van der Waals surface area (Å²) in [5.41, 5.74) is 1.12. The molecule has 0 heterocycles. The first kappa shape index (κ1) is 9.97. The number of carbonyl (C=O) groups excluding carboxylic acids is 1. The maximum atomic E-state index is 12.0. The van der Waals surface area contributed by atoms with Gasteiger partial charge in [-0.15, -0.1) is 0 Å². The van der Waals surface area contributed by atoms with Crippen molar-refractivity contribution in [2.75, 3.05) is 0 Å². The van der Waals surface area contributed by atoms with Crippen LogP contribution in [0.1, 0.15) is 36.7 Å². The highest BCUT2D eigenvalue weighted by Gasteiger charge is 2.37. The van der Waals surface area contributed by atoms with Crippen LogP contribution in [0.25, 0.3) is 5.76 Å². The third-order valence-corrected chi connectivity index (χ3v) is 2.62. The number of carbonyl (C=O) groups is 1. The van der Waals surface area contributed by atoms with E-state index in [-0.39, 0.29) is 17.0 Å². The fourth-order valence-corrected chi connectivity index (χ4v) is 1.93. The van der Waals surface area contributed by atoms with Crippen molar-refractivity contribution in [1.29, 1.82) is 0 Å². The highest BCUT2D eigenvalue weighted by molar-refractivity contribution is 6.20. The zero-order valence-corrected chi connectivity index (χ0v) is 9.13. The van der Waals surface area contributed by atoms with Crippen molar-refractivity contribution >= 4 is 11.5 Å². The second kappa shape index (κ2) is 2.96. The topological polar surface area (TPSA) is 37.0 Å². The average molecular weight is 201 g/mol. The van der Waals surface area contributed by atoms with E-state index in [2.05, 4.69) is 0 Å². The molecule has 0 aromatic heterocycles. The molecule has 0 bridgehead atoms. The van der Waals surface area contributed by atoms with E-state index in [9.17, 15) is 9.90 Å². The van der Waals surface area contributed by atoms with Gasteiger partial charge in [-0.25, -0.2) is 0 Å². The Kier molecular flexibility index (Phi) is 1.97. The first-order chi connectivity index (χ1) is 6.93. The summed E-state index contributed by atoms with van der Waals surface area (Å²) < 4.78 is 0. The summed E-state index contributed by atoms with van der Waals surface area (Å²) in [4.78, 5) is 12.0. The minimum absolute atomic E-state index is 0.108. The van der Waals surface area contributed by atoms with Crippen LogP contribution in [0.3, 0.4) is 0 Å². The molecular formula is C13H13O2. The summed E-state index contributed by atoms with van der Waals surface area (Å²) >= 11 is 0. The predicted octanol–water partition coefficient (Wildman–Crippen LogP) is 3.07. The molecular weight excluding hydrogens is 188 g/mol. The Labute approximate surface area is 89.2 Å². The van der Waals surface area contributed by atoms with Crippen LogP contribution in [0.2, 0.25) is 0 Å². The van der Waals surface area contributed by atoms with E-state index in [4.69, 9.17) is 0 Å². The molecule has 1 aromatic carbocycles. The summed E-state index contributed by atoms with van der Waals surface area (Å²) in [6.07, 6.45) is 0. The molecule has 2 heteroatoms. The number of hydrogen-bond donors (Lipinski definition) is 0. The number of allylic oxidation sites excluding steroid dienone is 1. The highest BCUT2D eigenvalue weighted by atomic mass is 16.3. The maximum Gasteiger partial charge on any atom is 0.194 e.